The minimum absolute atomic E-state index is 0.248. The maximum Gasteiger partial charge on any atom is 0.244 e. The molecule has 0 radical (unpaired) electrons. The van der Waals surface area contributed by atoms with Crippen LogP contribution in [0.2, 0.25) is 0 Å². The molecule has 0 aliphatic carbocycles. The summed E-state index contributed by atoms with van der Waals surface area (Å²) in [6.07, 6.45) is 3.73. The molecule has 0 spiro atoms. The van der Waals surface area contributed by atoms with Crippen molar-refractivity contribution in [1.82, 2.24) is 4.31 Å². The number of hydrogen-bond donors (Lipinski definition) is 0. The molecule has 2 aromatic rings. The van der Waals surface area contributed by atoms with Crippen molar-refractivity contribution in [2.24, 2.45) is 0 Å². The Labute approximate surface area is 171 Å². The van der Waals surface area contributed by atoms with E-state index in [4.69, 9.17) is 0 Å². The van der Waals surface area contributed by atoms with Gasteiger partial charge in [-0.2, -0.15) is 4.31 Å². The van der Waals surface area contributed by atoms with Gasteiger partial charge in [0.15, 0.2) is 0 Å². The molecule has 2 rings (SSSR count). The van der Waals surface area contributed by atoms with Gasteiger partial charge in [-0.15, -0.1) is 0 Å². The van der Waals surface area contributed by atoms with Crippen molar-refractivity contribution in [3.05, 3.63) is 77.9 Å². The molecule has 0 aromatic heterocycles. The van der Waals surface area contributed by atoms with Gasteiger partial charge in [0.05, 0.1) is 10.4 Å². The zero-order chi connectivity index (χ0) is 19.9. The third-order valence-electron chi connectivity index (χ3n) is 4.05. The summed E-state index contributed by atoms with van der Waals surface area (Å²) in [4.78, 5) is 0.273. The van der Waals surface area contributed by atoms with Gasteiger partial charge < -0.3 is 0 Å². The van der Waals surface area contributed by atoms with E-state index < -0.39 is 15.6 Å². The number of halogens is 1. The molecule has 0 N–H and O–H groups in total. The summed E-state index contributed by atoms with van der Waals surface area (Å²) in [6.45, 7) is 5.84. The summed E-state index contributed by atoms with van der Waals surface area (Å²) >= 11 is 3.33. The molecule has 0 aliphatic heterocycles. The van der Waals surface area contributed by atoms with Crippen LogP contribution in [0.25, 0.3) is 0 Å². The average Bonchev–Trinajstić information content (AvgIpc) is 2.64. The normalized spacial score (nSPS) is 12.2. The Hall–Kier alpha value is -1.87. The van der Waals surface area contributed by atoms with Crippen LogP contribution in [0.4, 0.5) is 0 Å². The predicted octanol–water partition coefficient (Wildman–Crippen LogP) is 4.77. The van der Waals surface area contributed by atoms with Gasteiger partial charge in [0.1, 0.15) is 0 Å². The fourth-order valence-electron chi connectivity index (χ4n) is 2.51. The molecule has 0 heterocycles. The lowest BCUT2D eigenvalue weighted by Crippen LogP contribution is -2.46. The van der Waals surface area contributed by atoms with E-state index in [2.05, 4.69) is 27.8 Å². The second-order valence-corrected chi connectivity index (χ2v) is 9.16. The second-order valence-electron chi connectivity index (χ2n) is 6.65. The van der Waals surface area contributed by atoms with Crippen LogP contribution < -0.4 is 0 Å². The highest BCUT2D eigenvalue weighted by Crippen LogP contribution is 2.25. The van der Waals surface area contributed by atoms with Crippen LogP contribution in [0.3, 0.4) is 0 Å². The van der Waals surface area contributed by atoms with Crippen molar-refractivity contribution in [1.29, 1.82) is 0 Å². The van der Waals surface area contributed by atoms with Gasteiger partial charge >= 0.3 is 0 Å². The first kappa shape index (κ1) is 21.4. The fraction of sp³-hybridized carbons (Fsp3) is 0.273. The number of alkyl halides is 1. The van der Waals surface area contributed by atoms with E-state index in [1.54, 1.807) is 12.1 Å². The number of allylic oxidation sites excluding steroid dienone is 1. The number of nitrogens with zero attached hydrogens (tertiary/aromatic N) is 1. The van der Waals surface area contributed by atoms with Crippen LogP contribution in [0.5, 0.6) is 0 Å². The second kappa shape index (κ2) is 9.36. The number of rotatable bonds is 6. The van der Waals surface area contributed by atoms with Crippen LogP contribution in [0.15, 0.2) is 71.6 Å². The first-order valence-corrected chi connectivity index (χ1v) is 11.2. The van der Waals surface area contributed by atoms with E-state index in [-0.39, 0.29) is 11.4 Å². The Balaban J connectivity index is 2.45. The summed E-state index contributed by atoms with van der Waals surface area (Å²) in [5.41, 5.74) is 0.994. The van der Waals surface area contributed by atoms with Crippen molar-refractivity contribution in [3.63, 3.8) is 0 Å². The average molecular weight is 446 g/mol. The van der Waals surface area contributed by atoms with Gasteiger partial charge in [-0.05, 0) is 45.0 Å². The monoisotopic (exact) mass is 445 g/mol. The highest BCUT2D eigenvalue weighted by atomic mass is 79.9. The molecule has 2 aromatic carbocycles. The minimum atomic E-state index is -3.70. The number of sulfonamides is 1. The molecule has 0 saturated heterocycles. The molecule has 0 amide bonds. The first-order valence-electron chi connectivity index (χ1n) is 8.66. The third-order valence-corrected chi connectivity index (χ3v) is 6.47. The van der Waals surface area contributed by atoms with E-state index >= 15 is 0 Å². The molecule has 0 bridgehead atoms. The van der Waals surface area contributed by atoms with Crippen LogP contribution >= 0.6 is 15.9 Å². The van der Waals surface area contributed by atoms with Gasteiger partial charge in [0.25, 0.3) is 0 Å². The standard InChI is InChI=1S/C22H24BrNO2S/c1-19-11-13-21(14-12-19)27(25,26)24(18-8-7-17-23)22(2,3)16-15-20-9-5-4-6-10-20/h4-14H,17-18H2,1-3H3/b8-7+. The van der Waals surface area contributed by atoms with Gasteiger partial charge in [0.2, 0.25) is 10.0 Å². The van der Waals surface area contributed by atoms with Crippen molar-refractivity contribution in [3.8, 4) is 11.8 Å². The number of aryl methyl sites for hydroxylation is 1. The molecule has 0 aliphatic rings. The SMILES string of the molecule is Cc1ccc(S(=O)(=O)N(C/C=C/CBr)C(C)(C)C#Cc2ccccc2)cc1. The summed E-state index contributed by atoms with van der Waals surface area (Å²) < 4.78 is 28.1. The lowest BCUT2D eigenvalue weighted by Gasteiger charge is -2.32. The van der Waals surface area contributed by atoms with Crippen molar-refractivity contribution in [2.45, 2.75) is 31.2 Å². The predicted molar refractivity (Wildman–Crippen MR) is 115 cm³/mol. The first-order chi connectivity index (χ1) is 12.8. The van der Waals surface area contributed by atoms with Gasteiger partial charge in [-0.1, -0.05) is 75.8 Å². The fourth-order valence-corrected chi connectivity index (χ4v) is 4.43. The summed E-state index contributed by atoms with van der Waals surface area (Å²) in [7, 11) is -3.70. The van der Waals surface area contributed by atoms with Crippen molar-refractivity contribution in [2.75, 3.05) is 11.9 Å². The van der Waals surface area contributed by atoms with E-state index in [0.29, 0.717) is 5.33 Å². The Morgan fingerprint density at radius 3 is 2.26 bits per heavy atom. The summed E-state index contributed by atoms with van der Waals surface area (Å²) in [5, 5.41) is 0.668. The molecular formula is C22H24BrNO2S. The van der Waals surface area contributed by atoms with Gasteiger partial charge in [0, 0.05) is 17.4 Å². The molecule has 142 valence electrons. The van der Waals surface area contributed by atoms with Crippen molar-refractivity contribution < 1.29 is 8.42 Å². The highest BCUT2D eigenvalue weighted by Gasteiger charge is 2.35. The minimum Gasteiger partial charge on any atom is -0.207 e. The Kier molecular flexibility index (Phi) is 7.43. The Morgan fingerprint density at radius 2 is 1.67 bits per heavy atom. The molecule has 0 saturated carbocycles. The van der Waals surface area contributed by atoms with Crippen LogP contribution in [0.1, 0.15) is 25.0 Å². The van der Waals surface area contributed by atoms with Crippen LogP contribution in [-0.4, -0.2) is 30.1 Å². The summed E-state index contributed by atoms with van der Waals surface area (Å²) in [6, 6.07) is 16.5. The lowest BCUT2D eigenvalue weighted by molar-refractivity contribution is 0.315. The molecule has 3 nitrogen and oxygen atoms in total. The van der Waals surface area contributed by atoms with Crippen LogP contribution in [-0.2, 0) is 10.0 Å². The molecular weight excluding hydrogens is 422 g/mol. The van der Waals surface area contributed by atoms with E-state index in [1.807, 2.05) is 75.4 Å². The zero-order valence-corrected chi connectivity index (χ0v) is 18.2. The van der Waals surface area contributed by atoms with Crippen LogP contribution in [0, 0.1) is 18.8 Å². The molecule has 5 heteroatoms. The van der Waals surface area contributed by atoms with Gasteiger partial charge in [-0.3, -0.25) is 0 Å². The zero-order valence-electron chi connectivity index (χ0n) is 15.8. The maximum absolute atomic E-state index is 13.3. The molecule has 0 unspecified atom stereocenters. The Bertz CT molecular complexity index is 937. The third kappa shape index (κ3) is 5.80. The van der Waals surface area contributed by atoms with Crippen molar-refractivity contribution >= 4 is 26.0 Å². The number of hydrogen-bond acceptors (Lipinski definition) is 2. The van der Waals surface area contributed by atoms with Gasteiger partial charge in [-0.25, -0.2) is 8.42 Å². The lowest BCUT2D eigenvalue weighted by atomic mass is 10.1. The number of benzene rings is 2. The molecule has 0 atom stereocenters. The molecule has 0 fully saturated rings. The smallest absolute Gasteiger partial charge is 0.207 e. The van der Waals surface area contributed by atoms with E-state index in [0.717, 1.165) is 11.1 Å². The largest absolute Gasteiger partial charge is 0.244 e. The van der Waals surface area contributed by atoms with E-state index in [1.165, 1.54) is 4.31 Å². The Morgan fingerprint density at radius 1 is 1.04 bits per heavy atom. The topological polar surface area (TPSA) is 37.4 Å². The highest BCUT2D eigenvalue weighted by molar-refractivity contribution is 9.09. The van der Waals surface area contributed by atoms with E-state index in [9.17, 15) is 8.42 Å². The molecule has 27 heavy (non-hydrogen) atoms. The quantitative estimate of drug-likeness (QED) is 0.364. The maximum atomic E-state index is 13.3. The summed E-state index contributed by atoms with van der Waals surface area (Å²) in [5.74, 6) is 6.24.